The van der Waals surface area contributed by atoms with Crippen LogP contribution in [0.15, 0.2) is 59.2 Å². The first-order valence-electron chi connectivity index (χ1n) is 6.93. The number of hydrogen-bond acceptors (Lipinski definition) is 3. The second-order valence-electron chi connectivity index (χ2n) is 4.90. The molecule has 0 unspecified atom stereocenters. The van der Waals surface area contributed by atoms with Crippen molar-refractivity contribution in [1.29, 1.82) is 0 Å². The van der Waals surface area contributed by atoms with E-state index in [1.165, 1.54) is 0 Å². The summed E-state index contributed by atoms with van der Waals surface area (Å²) in [5.74, 6) is -0.321. The monoisotopic (exact) mass is 377 g/mol. The molecule has 3 nitrogen and oxygen atoms in total. The van der Waals surface area contributed by atoms with Gasteiger partial charge in [0, 0.05) is 11.1 Å². The van der Waals surface area contributed by atoms with E-state index in [4.69, 9.17) is 39.5 Å². The van der Waals surface area contributed by atoms with Gasteiger partial charge in [-0.25, -0.2) is 9.79 Å². The summed E-state index contributed by atoms with van der Waals surface area (Å²) in [4.78, 5) is 16.0. The van der Waals surface area contributed by atoms with Gasteiger partial charge in [0.2, 0.25) is 5.90 Å². The van der Waals surface area contributed by atoms with E-state index in [9.17, 15) is 4.79 Å². The number of carbonyl (C=O) groups excluding carboxylic acids is 1. The lowest BCUT2D eigenvalue weighted by atomic mass is 10.2. The molecule has 0 fully saturated rings. The van der Waals surface area contributed by atoms with Crippen molar-refractivity contribution in [1.82, 2.24) is 0 Å². The number of rotatable bonds is 3. The van der Waals surface area contributed by atoms with E-state index in [0.29, 0.717) is 20.6 Å². The molecular weight excluding hydrogens is 369 g/mol. The van der Waals surface area contributed by atoms with Crippen molar-refractivity contribution in [2.75, 3.05) is 0 Å². The topological polar surface area (TPSA) is 38.7 Å². The summed E-state index contributed by atoms with van der Waals surface area (Å²) in [7, 11) is 0. The standard InChI is InChI=1S/C18H10Cl3NO2/c19-13-7-4-11(5-8-13)10-15-18(23)24-16(22-15)9-6-12-2-1-3-14(20)17(12)21/h1-10H/b9-6+,15-10-. The number of benzene rings is 2. The van der Waals surface area contributed by atoms with E-state index in [0.717, 1.165) is 5.56 Å². The Morgan fingerprint density at radius 3 is 2.46 bits per heavy atom. The summed E-state index contributed by atoms with van der Waals surface area (Å²) in [6.07, 6.45) is 4.88. The minimum absolute atomic E-state index is 0.191. The molecule has 0 radical (unpaired) electrons. The number of aliphatic imine (C=N–C) groups is 1. The van der Waals surface area contributed by atoms with Gasteiger partial charge in [0.15, 0.2) is 5.70 Å². The Morgan fingerprint density at radius 1 is 0.958 bits per heavy atom. The third-order valence-corrected chi connectivity index (χ3v) is 4.28. The Bertz CT molecular complexity index is 884. The molecule has 24 heavy (non-hydrogen) atoms. The van der Waals surface area contributed by atoms with Crippen LogP contribution >= 0.6 is 34.8 Å². The molecule has 0 bridgehead atoms. The fourth-order valence-electron chi connectivity index (χ4n) is 2.02. The summed E-state index contributed by atoms with van der Waals surface area (Å²) in [6, 6.07) is 12.3. The molecule has 120 valence electrons. The second-order valence-corrected chi connectivity index (χ2v) is 6.12. The maximum absolute atomic E-state index is 11.9. The highest BCUT2D eigenvalue weighted by molar-refractivity contribution is 6.42. The molecule has 0 amide bonds. The van der Waals surface area contributed by atoms with Gasteiger partial charge in [-0.15, -0.1) is 0 Å². The lowest BCUT2D eigenvalue weighted by molar-refractivity contribution is -0.129. The predicted octanol–water partition coefficient (Wildman–Crippen LogP) is 5.66. The van der Waals surface area contributed by atoms with Crippen molar-refractivity contribution in [2.45, 2.75) is 0 Å². The Morgan fingerprint density at radius 2 is 1.71 bits per heavy atom. The number of ether oxygens (including phenoxy) is 1. The van der Waals surface area contributed by atoms with Crippen LogP contribution in [0, 0.1) is 0 Å². The number of hydrogen-bond donors (Lipinski definition) is 0. The molecule has 0 saturated heterocycles. The molecule has 0 aliphatic carbocycles. The maximum atomic E-state index is 11.9. The Kier molecular flexibility index (Phi) is 5.05. The molecule has 1 heterocycles. The molecule has 2 aromatic rings. The second kappa shape index (κ2) is 7.22. The first-order chi connectivity index (χ1) is 11.5. The quantitative estimate of drug-likeness (QED) is 0.511. The van der Waals surface area contributed by atoms with Crippen LogP contribution < -0.4 is 0 Å². The summed E-state index contributed by atoms with van der Waals surface area (Å²) in [5.41, 5.74) is 1.73. The average molecular weight is 379 g/mol. The lowest BCUT2D eigenvalue weighted by Gasteiger charge is -1.99. The van der Waals surface area contributed by atoms with E-state index in [-0.39, 0.29) is 11.6 Å². The summed E-state index contributed by atoms with van der Waals surface area (Å²) < 4.78 is 5.12. The van der Waals surface area contributed by atoms with E-state index >= 15 is 0 Å². The molecule has 3 rings (SSSR count). The normalized spacial score (nSPS) is 15.9. The van der Waals surface area contributed by atoms with Gasteiger partial charge in [0.05, 0.1) is 10.0 Å². The van der Waals surface area contributed by atoms with Crippen LogP contribution in [-0.4, -0.2) is 11.9 Å². The molecule has 1 aliphatic heterocycles. The summed E-state index contributed by atoms with van der Waals surface area (Å²) in [5, 5.41) is 1.50. The molecule has 6 heteroatoms. The number of halogens is 3. The van der Waals surface area contributed by atoms with Crippen LogP contribution in [0.5, 0.6) is 0 Å². The number of nitrogens with zero attached hydrogens (tertiary/aromatic N) is 1. The van der Waals surface area contributed by atoms with Crippen molar-refractivity contribution < 1.29 is 9.53 Å². The van der Waals surface area contributed by atoms with Gasteiger partial charge in [0.1, 0.15) is 0 Å². The molecule has 2 aromatic carbocycles. The van der Waals surface area contributed by atoms with Crippen LogP contribution in [0.3, 0.4) is 0 Å². The zero-order chi connectivity index (χ0) is 17.1. The number of cyclic esters (lactones) is 1. The molecule has 0 atom stereocenters. The molecule has 1 aliphatic rings. The van der Waals surface area contributed by atoms with Crippen molar-refractivity contribution in [3.05, 3.63) is 80.4 Å². The van der Waals surface area contributed by atoms with E-state index in [2.05, 4.69) is 4.99 Å². The van der Waals surface area contributed by atoms with E-state index in [1.807, 2.05) is 0 Å². The van der Waals surface area contributed by atoms with E-state index in [1.54, 1.807) is 60.7 Å². The molecule has 0 spiro atoms. The van der Waals surface area contributed by atoms with E-state index < -0.39 is 5.97 Å². The average Bonchev–Trinajstić information content (AvgIpc) is 2.91. The molecule has 0 saturated carbocycles. The summed E-state index contributed by atoms with van der Waals surface area (Å²) >= 11 is 17.9. The molecule has 0 aromatic heterocycles. The maximum Gasteiger partial charge on any atom is 0.363 e. The van der Waals surface area contributed by atoms with Gasteiger partial charge in [0.25, 0.3) is 0 Å². The van der Waals surface area contributed by atoms with Crippen molar-refractivity contribution >= 4 is 58.8 Å². The SMILES string of the molecule is O=C1OC(/C=C/c2cccc(Cl)c2Cl)=NC/1=C\c1ccc(Cl)cc1. The Balaban J connectivity index is 1.82. The van der Waals surface area contributed by atoms with Crippen molar-refractivity contribution in [3.63, 3.8) is 0 Å². The number of carbonyl (C=O) groups is 1. The third-order valence-electron chi connectivity index (χ3n) is 3.20. The lowest BCUT2D eigenvalue weighted by Crippen LogP contribution is -2.01. The van der Waals surface area contributed by atoms with Crippen LogP contribution in [0.1, 0.15) is 11.1 Å². The van der Waals surface area contributed by atoms with Crippen LogP contribution in [0.25, 0.3) is 12.2 Å². The van der Waals surface area contributed by atoms with Gasteiger partial charge in [-0.05, 0) is 41.5 Å². The van der Waals surface area contributed by atoms with Crippen LogP contribution in [0.2, 0.25) is 15.1 Å². The first kappa shape index (κ1) is 16.8. The van der Waals surface area contributed by atoms with Gasteiger partial charge < -0.3 is 4.74 Å². The van der Waals surface area contributed by atoms with Crippen molar-refractivity contribution in [3.8, 4) is 0 Å². The highest BCUT2D eigenvalue weighted by Crippen LogP contribution is 2.26. The smallest absolute Gasteiger partial charge is 0.363 e. The zero-order valence-electron chi connectivity index (χ0n) is 12.2. The predicted molar refractivity (Wildman–Crippen MR) is 98.5 cm³/mol. The molecular formula is C18H10Cl3NO2. The molecule has 0 N–H and O–H groups in total. The van der Waals surface area contributed by atoms with Gasteiger partial charge >= 0.3 is 5.97 Å². The largest absolute Gasteiger partial charge is 0.403 e. The number of esters is 1. The van der Waals surface area contributed by atoms with Gasteiger partial charge in [-0.1, -0.05) is 59.1 Å². The Hall–Kier alpha value is -2.07. The van der Waals surface area contributed by atoms with Crippen LogP contribution in [-0.2, 0) is 9.53 Å². The van der Waals surface area contributed by atoms with Crippen LogP contribution in [0.4, 0.5) is 0 Å². The fraction of sp³-hybridized carbons (Fsp3) is 0. The van der Waals surface area contributed by atoms with Gasteiger partial charge in [-0.3, -0.25) is 0 Å². The summed E-state index contributed by atoms with van der Waals surface area (Å²) in [6.45, 7) is 0. The first-order valence-corrected chi connectivity index (χ1v) is 8.06. The zero-order valence-corrected chi connectivity index (χ0v) is 14.4. The Labute approximate surface area is 153 Å². The minimum Gasteiger partial charge on any atom is -0.403 e. The highest BCUT2D eigenvalue weighted by atomic mass is 35.5. The van der Waals surface area contributed by atoms with Gasteiger partial charge in [-0.2, -0.15) is 0 Å². The fourth-order valence-corrected chi connectivity index (χ4v) is 2.52. The third kappa shape index (κ3) is 3.88. The minimum atomic E-state index is -0.512. The van der Waals surface area contributed by atoms with Crippen molar-refractivity contribution in [2.24, 2.45) is 4.99 Å². The highest BCUT2D eigenvalue weighted by Gasteiger charge is 2.21.